The van der Waals surface area contributed by atoms with Gasteiger partial charge in [-0.15, -0.1) is 0 Å². The Morgan fingerprint density at radius 1 is 1.14 bits per heavy atom. The highest BCUT2D eigenvalue weighted by Gasteiger charge is 2.30. The molecular formula is C16H21BrN2O2. The van der Waals surface area contributed by atoms with Crippen LogP contribution in [0.15, 0.2) is 28.7 Å². The van der Waals surface area contributed by atoms with E-state index in [2.05, 4.69) is 21.2 Å². The van der Waals surface area contributed by atoms with Crippen LogP contribution in [-0.2, 0) is 4.79 Å². The molecular weight excluding hydrogens is 332 g/mol. The largest absolute Gasteiger partial charge is 0.341 e. The van der Waals surface area contributed by atoms with Gasteiger partial charge in [0.2, 0.25) is 5.91 Å². The molecule has 114 valence electrons. The van der Waals surface area contributed by atoms with Gasteiger partial charge in [0.15, 0.2) is 0 Å². The van der Waals surface area contributed by atoms with Gasteiger partial charge in [0.25, 0.3) is 5.91 Å². The third-order valence-corrected chi connectivity index (χ3v) is 4.27. The van der Waals surface area contributed by atoms with Gasteiger partial charge in [-0.3, -0.25) is 9.59 Å². The fourth-order valence-corrected chi connectivity index (χ4v) is 2.74. The highest BCUT2D eigenvalue weighted by molar-refractivity contribution is 9.10. The number of benzene rings is 1. The van der Waals surface area contributed by atoms with E-state index in [4.69, 9.17) is 0 Å². The molecule has 1 saturated heterocycles. The number of halogens is 1. The zero-order valence-electron chi connectivity index (χ0n) is 12.4. The number of amides is 2. The second-order valence-electron chi connectivity index (χ2n) is 5.73. The maximum Gasteiger partial charge on any atom is 0.251 e. The first-order chi connectivity index (χ1) is 9.99. The molecule has 1 aliphatic rings. The van der Waals surface area contributed by atoms with Crippen molar-refractivity contribution in [1.82, 2.24) is 10.2 Å². The lowest BCUT2D eigenvalue weighted by Gasteiger charge is -2.26. The highest BCUT2D eigenvalue weighted by atomic mass is 79.9. The van der Waals surface area contributed by atoms with E-state index in [1.165, 1.54) is 0 Å². The van der Waals surface area contributed by atoms with Crippen molar-refractivity contribution in [1.29, 1.82) is 0 Å². The summed E-state index contributed by atoms with van der Waals surface area (Å²) in [5.41, 5.74) is 0.568. The van der Waals surface area contributed by atoms with Crippen LogP contribution in [0.2, 0.25) is 0 Å². The van der Waals surface area contributed by atoms with Crippen molar-refractivity contribution in [2.75, 3.05) is 13.1 Å². The minimum absolute atomic E-state index is 0.0351. The molecule has 4 nitrogen and oxygen atoms in total. The van der Waals surface area contributed by atoms with E-state index in [9.17, 15) is 9.59 Å². The highest BCUT2D eigenvalue weighted by Crippen LogP contribution is 2.15. The van der Waals surface area contributed by atoms with Crippen LogP contribution in [0.5, 0.6) is 0 Å². The van der Waals surface area contributed by atoms with Crippen molar-refractivity contribution in [2.24, 2.45) is 5.92 Å². The lowest BCUT2D eigenvalue weighted by molar-refractivity contribution is -0.133. The summed E-state index contributed by atoms with van der Waals surface area (Å²) in [7, 11) is 0. The zero-order valence-corrected chi connectivity index (χ0v) is 14.0. The van der Waals surface area contributed by atoms with Gasteiger partial charge in [0.05, 0.1) is 0 Å². The molecule has 0 unspecified atom stereocenters. The minimum atomic E-state index is -0.459. The van der Waals surface area contributed by atoms with Gasteiger partial charge < -0.3 is 10.2 Å². The lowest BCUT2D eigenvalue weighted by Crippen LogP contribution is -2.50. The van der Waals surface area contributed by atoms with E-state index in [1.54, 1.807) is 12.1 Å². The molecule has 21 heavy (non-hydrogen) atoms. The summed E-state index contributed by atoms with van der Waals surface area (Å²) in [5, 5.41) is 2.88. The Morgan fingerprint density at radius 2 is 1.71 bits per heavy atom. The molecule has 0 bridgehead atoms. The molecule has 0 spiro atoms. The summed E-state index contributed by atoms with van der Waals surface area (Å²) in [4.78, 5) is 26.7. The van der Waals surface area contributed by atoms with Crippen LogP contribution >= 0.6 is 15.9 Å². The van der Waals surface area contributed by atoms with Crippen LogP contribution in [0.1, 0.15) is 37.0 Å². The Morgan fingerprint density at radius 3 is 2.24 bits per heavy atom. The Kier molecular flexibility index (Phi) is 5.39. The molecule has 0 radical (unpaired) electrons. The smallest absolute Gasteiger partial charge is 0.251 e. The first-order valence-electron chi connectivity index (χ1n) is 7.34. The predicted octanol–water partition coefficient (Wildman–Crippen LogP) is 2.83. The van der Waals surface area contributed by atoms with E-state index in [0.717, 1.165) is 30.4 Å². The average molecular weight is 353 g/mol. The third-order valence-electron chi connectivity index (χ3n) is 3.74. The van der Waals surface area contributed by atoms with Crippen LogP contribution in [0, 0.1) is 5.92 Å². The second-order valence-corrected chi connectivity index (χ2v) is 6.65. The van der Waals surface area contributed by atoms with Crippen LogP contribution < -0.4 is 5.32 Å². The summed E-state index contributed by atoms with van der Waals surface area (Å²) in [6, 6.07) is 6.68. The molecule has 1 aromatic rings. The van der Waals surface area contributed by atoms with Crippen molar-refractivity contribution < 1.29 is 9.59 Å². The SMILES string of the molecule is CC(C)[C@H](NC(=O)c1ccc(Br)cc1)C(=O)N1CCCC1. The number of hydrogen-bond acceptors (Lipinski definition) is 2. The predicted molar refractivity (Wildman–Crippen MR) is 86.0 cm³/mol. The summed E-state index contributed by atoms with van der Waals surface area (Å²) >= 11 is 3.34. The van der Waals surface area contributed by atoms with Crippen LogP contribution in [0.4, 0.5) is 0 Å². The summed E-state index contributed by atoms with van der Waals surface area (Å²) in [6.07, 6.45) is 2.11. The Hall–Kier alpha value is -1.36. The van der Waals surface area contributed by atoms with E-state index in [-0.39, 0.29) is 17.7 Å². The van der Waals surface area contributed by atoms with Crippen LogP contribution in [-0.4, -0.2) is 35.8 Å². The summed E-state index contributed by atoms with van der Waals surface area (Å²) in [5.74, 6) is -0.0980. The van der Waals surface area contributed by atoms with E-state index >= 15 is 0 Å². The molecule has 1 fully saturated rings. The molecule has 1 aromatic carbocycles. The average Bonchev–Trinajstić information content (AvgIpc) is 2.98. The molecule has 1 N–H and O–H groups in total. The van der Waals surface area contributed by atoms with Gasteiger partial charge in [-0.2, -0.15) is 0 Å². The molecule has 0 aromatic heterocycles. The fourth-order valence-electron chi connectivity index (χ4n) is 2.47. The molecule has 1 aliphatic heterocycles. The molecule has 0 aliphatic carbocycles. The van der Waals surface area contributed by atoms with Crippen LogP contribution in [0.3, 0.4) is 0 Å². The number of nitrogens with one attached hydrogen (secondary N) is 1. The Labute approximate surface area is 134 Å². The van der Waals surface area contributed by atoms with Gasteiger partial charge in [-0.05, 0) is 43.0 Å². The molecule has 0 saturated carbocycles. The maximum atomic E-state index is 12.5. The zero-order chi connectivity index (χ0) is 15.4. The topological polar surface area (TPSA) is 49.4 Å². The lowest BCUT2D eigenvalue weighted by atomic mass is 10.0. The molecule has 1 heterocycles. The Balaban J connectivity index is 2.06. The van der Waals surface area contributed by atoms with Gasteiger partial charge in [0.1, 0.15) is 6.04 Å². The third kappa shape index (κ3) is 4.06. The molecule has 2 amide bonds. The summed E-state index contributed by atoms with van der Waals surface area (Å²) < 4.78 is 0.924. The molecule has 1 atom stereocenters. The van der Waals surface area contributed by atoms with Crippen molar-refractivity contribution in [3.05, 3.63) is 34.3 Å². The van der Waals surface area contributed by atoms with Gasteiger partial charge in [-0.25, -0.2) is 0 Å². The first-order valence-corrected chi connectivity index (χ1v) is 8.13. The van der Waals surface area contributed by atoms with Gasteiger partial charge in [0, 0.05) is 23.1 Å². The van der Waals surface area contributed by atoms with E-state index < -0.39 is 6.04 Å². The maximum absolute atomic E-state index is 12.5. The second kappa shape index (κ2) is 7.07. The quantitative estimate of drug-likeness (QED) is 0.905. The summed E-state index contributed by atoms with van der Waals surface area (Å²) in [6.45, 7) is 5.52. The van der Waals surface area contributed by atoms with Gasteiger partial charge >= 0.3 is 0 Å². The fraction of sp³-hybridized carbons (Fsp3) is 0.500. The number of carbonyl (C=O) groups excluding carboxylic acids is 2. The standard InChI is InChI=1S/C16H21BrN2O2/c1-11(2)14(16(21)19-9-3-4-10-19)18-15(20)12-5-7-13(17)8-6-12/h5-8,11,14H,3-4,9-10H2,1-2H3,(H,18,20)/t14-/m0/s1. The number of likely N-dealkylation sites (tertiary alicyclic amines) is 1. The number of nitrogens with zero attached hydrogens (tertiary/aromatic N) is 1. The van der Waals surface area contributed by atoms with Crippen molar-refractivity contribution in [3.63, 3.8) is 0 Å². The Bertz CT molecular complexity index is 508. The number of carbonyl (C=O) groups is 2. The normalized spacial score (nSPS) is 16.1. The van der Waals surface area contributed by atoms with Crippen molar-refractivity contribution in [2.45, 2.75) is 32.7 Å². The van der Waals surface area contributed by atoms with E-state index in [0.29, 0.717) is 5.56 Å². The number of rotatable bonds is 4. The minimum Gasteiger partial charge on any atom is -0.341 e. The first kappa shape index (κ1) is 16.0. The molecule has 2 rings (SSSR count). The van der Waals surface area contributed by atoms with Gasteiger partial charge in [-0.1, -0.05) is 29.8 Å². The van der Waals surface area contributed by atoms with Crippen molar-refractivity contribution in [3.8, 4) is 0 Å². The van der Waals surface area contributed by atoms with Crippen molar-refractivity contribution >= 4 is 27.7 Å². The monoisotopic (exact) mass is 352 g/mol. The van der Waals surface area contributed by atoms with E-state index in [1.807, 2.05) is 30.9 Å². The molecule has 5 heteroatoms. The van der Waals surface area contributed by atoms with Crippen LogP contribution in [0.25, 0.3) is 0 Å². The number of hydrogen-bond donors (Lipinski definition) is 1.